The van der Waals surface area contributed by atoms with Gasteiger partial charge in [-0.05, 0) is 290 Å². The van der Waals surface area contributed by atoms with Gasteiger partial charge in [-0.15, -0.1) is 0 Å². The maximum absolute atomic E-state index is 6.27. The molecule has 0 bridgehead atoms. The molecule has 7 aromatic carbocycles. The zero-order valence-electron chi connectivity index (χ0n) is 42.1. The summed E-state index contributed by atoms with van der Waals surface area (Å²) in [6.07, 6.45) is 12.0. The molecule has 7 aromatic rings. The fourth-order valence-electron chi connectivity index (χ4n) is 7.31. The first-order valence-electron chi connectivity index (χ1n) is 25.6. The van der Waals surface area contributed by atoms with Crippen molar-refractivity contribution in [2.24, 2.45) is 30.7 Å². The SMILES string of the molecule is Ic1ccc(N=Nc2ccc(OCCCCCCOc3cc(OCCCCCCOc4ccc(N=Nc5ccc(I)cc5)cc4)cc(OCCCCCCOc4ccc(N=Nc5ccc(I)cc5)cc4)c3)cc2)cc1. The smallest absolute Gasteiger partial charge is 0.126 e. The summed E-state index contributed by atoms with van der Waals surface area (Å²) < 4.78 is 40.3. The van der Waals surface area contributed by atoms with Crippen molar-refractivity contribution in [3.63, 3.8) is 0 Å². The van der Waals surface area contributed by atoms with E-state index >= 15 is 0 Å². The van der Waals surface area contributed by atoms with Crippen LogP contribution in [0.15, 0.2) is 194 Å². The first-order chi connectivity index (χ1) is 36.9. The summed E-state index contributed by atoms with van der Waals surface area (Å²) in [4.78, 5) is 0. The second-order valence-electron chi connectivity index (χ2n) is 17.5. The molecule has 0 N–H and O–H groups in total. The van der Waals surface area contributed by atoms with Gasteiger partial charge in [-0.3, -0.25) is 0 Å². The van der Waals surface area contributed by atoms with Gasteiger partial charge in [0.05, 0.1) is 73.8 Å². The summed E-state index contributed by atoms with van der Waals surface area (Å²) in [5.41, 5.74) is 4.84. The summed E-state index contributed by atoms with van der Waals surface area (Å²) in [7, 11) is 0. The molecule has 0 aliphatic carbocycles. The van der Waals surface area contributed by atoms with E-state index in [0.29, 0.717) is 39.6 Å². The van der Waals surface area contributed by atoms with Crippen molar-refractivity contribution >= 4 is 102 Å². The van der Waals surface area contributed by atoms with Gasteiger partial charge >= 0.3 is 0 Å². The van der Waals surface area contributed by atoms with E-state index in [2.05, 4.69) is 98.5 Å². The minimum Gasteiger partial charge on any atom is -0.494 e. The Labute approximate surface area is 482 Å². The fourth-order valence-corrected chi connectivity index (χ4v) is 8.38. The van der Waals surface area contributed by atoms with Crippen molar-refractivity contribution in [2.75, 3.05) is 39.6 Å². The minimum absolute atomic E-state index is 0.609. The van der Waals surface area contributed by atoms with Crippen molar-refractivity contribution in [3.05, 3.63) is 175 Å². The maximum Gasteiger partial charge on any atom is 0.126 e. The van der Waals surface area contributed by atoms with Gasteiger partial charge in [-0.1, -0.05) is 0 Å². The zero-order chi connectivity index (χ0) is 52.0. The molecule has 0 heterocycles. The van der Waals surface area contributed by atoms with Gasteiger partial charge in [0.15, 0.2) is 0 Å². The Kier molecular flexibility index (Phi) is 25.4. The third-order valence-corrected chi connectivity index (χ3v) is 13.6. The average molecular weight is 1340 g/mol. The van der Waals surface area contributed by atoms with Crippen LogP contribution < -0.4 is 28.4 Å². The topological polar surface area (TPSA) is 130 Å². The summed E-state index contributed by atoms with van der Waals surface area (Å²) in [6.45, 7) is 3.80. The first-order valence-corrected chi connectivity index (χ1v) is 28.9. The highest BCUT2D eigenvalue weighted by Gasteiger charge is 2.07. The number of halogens is 3. The van der Waals surface area contributed by atoms with Crippen molar-refractivity contribution in [2.45, 2.75) is 77.0 Å². The number of hydrogen-bond acceptors (Lipinski definition) is 12. The summed E-state index contributed by atoms with van der Waals surface area (Å²) in [6, 6.07) is 52.9. The molecule has 390 valence electrons. The standard InChI is InChI=1S/C60H63I3N6O6/c61-46-13-19-49(20-14-46)64-67-52-25-31-55(32-26-52)70-37-7-1-4-10-40-73-58-43-59(74-41-11-5-2-8-38-71-56-33-27-53(28-34-56)68-65-50-21-15-47(62)16-22-50)45-60(44-58)75-42-12-6-3-9-39-72-57-35-29-54(30-36-57)69-66-51-23-17-48(63)18-24-51/h13-36,43-45H,1-12,37-42H2. The van der Waals surface area contributed by atoms with E-state index in [-0.39, 0.29) is 0 Å². The largest absolute Gasteiger partial charge is 0.494 e. The minimum atomic E-state index is 0.609. The predicted molar refractivity (Wildman–Crippen MR) is 324 cm³/mol. The van der Waals surface area contributed by atoms with Crippen molar-refractivity contribution in [3.8, 4) is 34.5 Å². The van der Waals surface area contributed by atoms with E-state index in [1.165, 1.54) is 10.7 Å². The van der Waals surface area contributed by atoms with E-state index < -0.39 is 0 Å². The number of nitrogens with zero attached hydrogens (tertiary/aromatic N) is 6. The second-order valence-corrected chi connectivity index (χ2v) is 21.2. The molecule has 0 fully saturated rings. The van der Waals surface area contributed by atoms with Crippen LogP contribution in [0.5, 0.6) is 34.5 Å². The van der Waals surface area contributed by atoms with Crippen LogP contribution in [0.4, 0.5) is 34.1 Å². The van der Waals surface area contributed by atoms with Crippen LogP contribution in [0, 0.1) is 10.7 Å². The molecule has 0 spiro atoms. The van der Waals surface area contributed by atoms with Crippen LogP contribution in [0.2, 0.25) is 0 Å². The van der Waals surface area contributed by atoms with E-state index in [0.717, 1.165) is 146 Å². The Hall–Kier alpha value is -5.67. The highest BCUT2D eigenvalue weighted by Crippen LogP contribution is 2.30. The molecular formula is C60H63I3N6O6. The van der Waals surface area contributed by atoms with Crippen LogP contribution in [-0.2, 0) is 0 Å². The van der Waals surface area contributed by atoms with Crippen LogP contribution in [0.1, 0.15) is 77.0 Å². The number of unbranched alkanes of at least 4 members (excludes halogenated alkanes) is 9. The van der Waals surface area contributed by atoms with E-state index in [4.69, 9.17) is 28.4 Å². The number of hydrogen-bond donors (Lipinski definition) is 0. The van der Waals surface area contributed by atoms with Crippen LogP contribution in [0.3, 0.4) is 0 Å². The monoisotopic (exact) mass is 1340 g/mol. The van der Waals surface area contributed by atoms with Gasteiger partial charge in [-0.2, -0.15) is 30.7 Å². The molecule has 12 nitrogen and oxygen atoms in total. The second kappa shape index (κ2) is 33.4. The lowest BCUT2D eigenvalue weighted by Crippen LogP contribution is -2.03. The maximum atomic E-state index is 6.27. The lowest BCUT2D eigenvalue weighted by atomic mass is 10.2. The molecule has 0 aromatic heterocycles. The van der Waals surface area contributed by atoms with Gasteiger partial charge in [0.25, 0.3) is 0 Å². The Balaban J connectivity index is 0.778. The van der Waals surface area contributed by atoms with Crippen molar-refractivity contribution in [1.29, 1.82) is 0 Å². The number of rotatable bonds is 33. The third kappa shape index (κ3) is 23.0. The first kappa shape index (κ1) is 57.0. The van der Waals surface area contributed by atoms with Crippen molar-refractivity contribution < 1.29 is 28.4 Å². The summed E-state index contributed by atoms with van der Waals surface area (Å²) in [5, 5.41) is 26.0. The zero-order valence-corrected chi connectivity index (χ0v) is 48.6. The lowest BCUT2D eigenvalue weighted by Gasteiger charge is -2.14. The molecule has 7 rings (SSSR count). The Morgan fingerprint density at radius 2 is 0.387 bits per heavy atom. The summed E-state index contributed by atoms with van der Waals surface area (Å²) >= 11 is 6.83. The molecule has 0 unspecified atom stereocenters. The molecular weight excluding hydrogens is 1280 g/mol. The van der Waals surface area contributed by atoms with Gasteiger partial charge in [0, 0.05) is 28.9 Å². The molecule has 0 saturated heterocycles. The van der Waals surface area contributed by atoms with Crippen LogP contribution in [-0.4, -0.2) is 39.6 Å². The lowest BCUT2D eigenvalue weighted by molar-refractivity contribution is 0.269. The van der Waals surface area contributed by atoms with Gasteiger partial charge < -0.3 is 28.4 Å². The third-order valence-electron chi connectivity index (χ3n) is 11.4. The van der Waals surface area contributed by atoms with E-state index in [9.17, 15) is 0 Å². The highest BCUT2D eigenvalue weighted by molar-refractivity contribution is 14.1. The number of ether oxygens (including phenoxy) is 6. The molecule has 0 aliphatic heterocycles. The Morgan fingerprint density at radius 1 is 0.213 bits per heavy atom. The van der Waals surface area contributed by atoms with Crippen molar-refractivity contribution in [1.82, 2.24) is 0 Å². The van der Waals surface area contributed by atoms with Crippen LogP contribution >= 0.6 is 67.8 Å². The van der Waals surface area contributed by atoms with Crippen LogP contribution in [0.25, 0.3) is 0 Å². The molecule has 75 heavy (non-hydrogen) atoms. The van der Waals surface area contributed by atoms with Gasteiger partial charge in [-0.25, -0.2) is 0 Å². The Bertz CT molecular complexity index is 2480. The van der Waals surface area contributed by atoms with Gasteiger partial charge in [0.2, 0.25) is 0 Å². The normalized spacial score (nSPS) is 11.4. The molecule has 15 heteroatoms. The predicted octanol–water partition coefficient (Wildman–Crippen LogP) is 19.8. The molecule has 0 atom stereocenters. The average Bonchev–Trinajstić information content (AvgIpc) is 3.43. The molecule has 0 saturated carbocycles. The number of azo groups is 3. The fraction of sp³-hybridized carbons (Fsp3) is 0.300. The quantitative estimate of drug-likeness (QED) is 0.0229. The van der Waals surface area contributed by atoms with E-state index in [1.54, 1.807) is 0 Å². The summed E-state index contributed by atoms with van der Waals surface area (Å²) in [5.74, 6) is 4.76. The van der Waals surface area contributed by atoms with Gasteiger partial charge in [0.1, 0.15) is 34.5 Å². The molecule has 0 radical (unpaired) electrons. The number of benzene rings is 7. The molecule has 0 aliphatic rings. The van der Waals surface area contributed by atoms with E-state index in [1.807, 2.05) is 164 Å². The highest BCUT2D eigenvalue weighted by atomic mass is 127. The molecule has 0 amide bonds. The Morgan fingerprint density at radius 3 is 0.587 bits per heavy atom.